The van der Waals surface area contributed by atoms with Crippen LogP contribution in [-0.2, 0) is 27.2 Å². The molecular weight excluding hydrogens is 332 g/mol. The van der Waals surface area contributed by atoms with E-state index in [1.54, 1.807) is 19.1 Å². The highest BCUT2D eigenvalue weighted by molar-refractivity contribution is 5.93. The van der Waals surface area contributed by atoms with Crippen molar-refractivity contribution < 1.29 is 19.1 Å². The molecule has 1 heterocycles. The zero-order valence-corrected chi connectivity index (χ0v) is 14.8. The number of nitrogens with zero attached hydrogens (tertiary/aromatic N) is 2. The standard InChI is InChI=1S/C20H20N2O4/c1-3-26-19(23)12-18-21-16-11-15(20(24)25-2)9-10-17(16)22(18)13-14-7-5-4-6-8-14/h4-11H,3,12-13H2,1-2H3. The molecule has 0 amide bonds. The van der Waals surface area contributed by atoms with Crippen molar-refractivity contribution >= 4 is 23.0 Å². The number of benzene rings is 2. The Hall–Kier alpha value is -3.15. The summed E-state index contributed by atoms with van der Waals surface area (Å²) in [6, 6.07) is 15.1. The number of methoxy groups -OCH3 is 1. The molecule has 0 aliphatic heterocycles. The van der Waals surface area contributed by atoms with Gasteiger partial charge in [-0.3, -0.25) is 4.79 Å². The lowest BCUT2D eigenvalue weighted by Gasteiger charge is -2.09. The molecule has 6 nitrogen and oxygen atoms in total. The third-order valence-corrected chi connectivity index (χ3v) is 4.04. The fraction of sp³-hybridized carbons (Fsp3) is 0.250. The van der Waals surface area contributed by atoms with Gasteiger partial charge in [-0.25, -0.2) is 9.78 Å². The second-order valence-electron chi connectivity index (χ2n) is 5.78. The van der Waals surface area contributed by atoms with Gasteiger partial charge in [-0.05, 0) is 30.7 Å². The van der Waals surface area contributed by atoms with Crippen LogP contribution in [0.25, 0.3) is 11.0 Å². The first kappa shape index (κ1) is 17.7. The van der Waals surface area contributed by atoms with E-state index in [2.05, 4.69) is 4.98 Å². The maximum absolute atomic E-state index is 12.0. The fourth-order valence-electron chi connectivity index (χ4n) is 2.84. The Bertz CT molecular complexity index is 932. The summed E-state index contributed by atoms with van der Waals surface area (Å²) in [5.41, 5.74) is 3.00. The van der Waals surface area contributed by atoms with E-state index in [0.29, 0.717) is 30.1 Å². The fourth-order valence-corrected chi connectivity index (χ4v) is 2.84. The normalized spacial score (nSPS) is 10.7. The van der Waals surface area contributed by atoms with Crippen LogP contribution in [0.4, 0.5) is 0 Å². The molecule has 0 aliphatic rings. The average Bonchev–Trinajstić information content (AvgIpc) is 2.98. The topological polar surface area (TPSA) is 70.4 Å². The summed E-state index contributed by atoms with van der Waals surface area (Å²) in [6.45, 7) is 2.67. The number of hydrogen-bond acceptors (Lipinski definition) is 5. The molecule has 26 heavy (non-hydrogen) atoms. The van der Waals surface area contributed by atoms with Gasteiger partial charge in [0, 0.05) is 6.54 Å². The van der Waals surface area contributed by atoms with Gasteiger partial charge in [0.15, 0.2) is 0 Å². The zero-order chi connectivity index (χ0) is 18.5. The molecule has 0 fully saturated rings. The number of rotatable bonds is 6. The lowest BCUT2D eigenvalue weighted by atomic mass is 10.2. The maximum Gasteiger partial charge on any atom is 0.337 e. The predicted molar refractivity (Wildman–Crippen MR) is 97.0 cm³/mol. The molecule has 0 N–H and O–H groups in total. The van der Waals surface area contributed by atoms with Crippen molar-refractivity contribution in [2.24, 2.45) is 0 Å². The van der Waals surface area contributed by atoms with Crippen molar-refractivity contribution in [2.75, 3.05) is 13.7 Å². The highest BCUT2D eigenvalue weighted by Gasteiger charge is 2.17. The Labute approximate surface area is 151 Å². The molecule has 0 unspecified atom stereocenters. The van der Waals surface area contributed by atoms with Crippen LogP contribution in [0.5, 0.6) is 0 Å². The van der Waals surface area contributed by atoms with Crippen LogP contribution in [0.1, 0.15) is 28.7 Å². The first-order valence-corrected chi connectivity index (χ1v) is 8.39. The van der Waals surface area contributed by atoms with Gasteiger partial charge in [-0.2, -0.15) is 0 Å². The second kappa shape index (κ2) is 7.82. The third-order valence-electron chi connectivity index (χ3n) is 4.04. The number of hydrogen-bond donors (Lipinski definition) is 0. The Kier molecular flexibility index (Phi) is 5.31. The Morgan fingerprint density at radius 2 is 1.88 bits per heavy atom. The largest absolute Gasteiger partial charge is 0.466 e. The molecule has 0 spiro atoms. The summed E-state index contributed by atoms with van der Waals surface area (Å²) < 4.78 is 11.8. The highest BCUT2D eigenvalue weighted by Crippen LogP contribution is 2.21. The minimum absolute atomic E-state index is 0.0723. The SMILES string of the molecule is CCOC(=O)Cc1nc2cc(C(=O)OC)ccc2n1Cc1ccccc1. The Balaban J connectivity index is 2.05. The summed E-state index contributed by atoms with van der Waals surface area (Å²) in [6.07, 6.45) is 0.0723. The maximum atomic E-state index is 12.0. The summed E-state index contributed by atoms with van der Waals surface area (Å²) >= 11 is 0. The molecule has 0 saturated carbocycles. The van der Waals surface area contributed by atoms with Crippen molar-refractivity contribution in [3.8, 4) is 0 Å². The minimum Gasteiger partial charge on any atom is -0.466 e. The first-order chi connectivity index (χ1) is 12.6. The van der Waals surface area contributed by atoms with Crippen LogP contribution < -0.4 is 0 Å². The van der Waals surface area contributed by atoms with Crippen molar-refractivity contribution in [1.82, 2.24) is 9.55 Å². The molecule has 0 aliphatic carbocycles. The van der Waals surface area contributed by atoms with Crippen LogP contribution >= 0.6 is 0 Å². The quantitative estimate of drug-likeness (QED) is 0.638. The van der Waals surface area contributed by atoms with Crippen molar-refractivity contribution in [3.63, 3.8) is 0 Å². The van der Waals surface area contributed by atoms with Crippen LogP contribution in [0.3, 0.4) is 0 Å². The van der Waals surface area contributed by atoms with E-state index >= 15 is 0 Å². The van der Waals surface area contributed by atoms with Gasteiger partial charge in [0.25, 0.3) is 0 Å². The van der Waals surface area contributed by atoms with Gasteiger partial charge in [0.05, 0.1) is 30.3 Å². The first-order valence-electron chi connectivity index (χ1n) is 8.39. The third kappa shape index (κ3) is 3.74. The number of imidazole rings is 1. The molecule has 1 aromatic heterocycles. The molecule has 0 radical (unpaired) electrons. The Morgan fingerprint density at radius 3 is 2.58 bits per heavy atom. The molecule has 0 bridgehead atoms. The summed E-state index contributed by atoms with van der Waals surface area (Å²) in [5.74, 6) is -0.147. The number of ether oxygens (including phenoxy) is 2. The van der Waals surface area contributed by atoms with Crippen LogP contribution in [0.2, 0.25) is 0 Å². The number of carbonyl (C=O) groups excluding carboxylic acids is 2. The number of carbonyl (C=O) groups is 2. The van der Waals surface area contributed by atoms with Crippen molar-refractivity contribution in [3.05, 3.63) is 65.5 Å². The van der Waals surface area contributed by atoms with E-state index in [0.717, 1.165) is 11.1 Å². The summed E-state index contributed by atoms with van der Waals surface area (Å²) in [5, 5.41) is 0. The molecule has 134 valence electrons. The van der Waals surface area contributed by atoms with E-state index in [-0.39, 0.29) is 12.4 Å². The smallest absolute Gasteiger partial charge is 0.337 e. The minimum atomic E-state index is -0.420. The van der Waals surface area contributed by atoms with E-state index in [4.69, 9.17) is 9.47 Å². The molecular formula is C20H20N2O4. The molecule has 6 heteroatoms. The van der Waals surface area contributed by atoms with Crippen molar-refractivity contribution in [2.45, 2.75) is 19.9 Å². The summed E-state index contributed by atoms with van der Waals surface area (Å²) in [4.78, 5) is 28.3. The van der Waals surface area contributed by atoms with Crippen LogP contribution in [0, 0.1) is 0 Å². The highest BCUT2D eigenvalue weighted by atomic mass is 16.5. The van der Waals surface area contributed by atoms with Gasteiger partial charge in [0.2, 0.25) is 0 Å². The monoisotopic (exact) mass is 352 g/mol. The van der Waals surface area contributed by atoms with Gasteiger partial charge >= 0.3 is 11.9 Å². The molecule has 0 atom stereocenters. The van der Waals surface area contributed by atoms with E-state index < -0.39 is 5.97 Å². The number of fused-ring (bicyclic) bond motifs is 1. The summed E-state index contributed by atoms with van der Waals surface area (Å²) in [7, 11) is 1.34. The molecule has 3 aromatic rings. The molecule has 3 rings (SSSR count). The van der Waals surface area contributed by atoms with Crippen LogP contribution in [-0.4, -0.2) is 35.2 Å². The predicted octanol–water partition coefficient (Wildman–Crippen LogP) is 2.98. The van der Waals surface area contributed by atoms with E-state index in [1.165, 1.54) is 7.11 Å². The van der Waals surface area contributed by atoms with Gasteiger partial charge in [-0.1, -0.05) is 30.3 Å². The van der Waals surface area contributed by atoms with Gasteiger partial charge in [-0.15, -0.1) is 0 Å². The number of aromatic nitrogens is 2. The average molecular weight is 352 g/mol. The zero-order valence-electron chi connectivity index (χ0n) is 14.8. The molecule has 0 saturated heterocycles. The lowest BCUT2D eigenvalue weighted by Crippen LogP contribution is -2.13. The van der Waals surface area contributed by atoms with Gasteiger partial charge < -0.3 is 14.0 Å². The molecule has 2 aromatic carbocycles. The second-order valence-corrected chi connectivity index (χ2v) is 5.78. The van der Waals surface area contributed by atoms with Crippen LogP contribution in [0.15, 0.2) is 48.5 Å². The number of esters is 2. The lowest BCUT2D eigenvalue weighted by molar-refractivity contribution is -0.142. The van der Waals surface area contributed by atoms with E-state index in [1.807, 2.05) is 41.0 Å². The van der Waals surface area contributed by atoms with Gasteiger partial charge in [0.1, 0.15) is 12.2 Å². The van der Waals surface area contributed by atoms with Crippen molar-refractivity contribution in [1.29, 1.82) is 0 Å². The Morgan fingerprint density at radius 1 is 1.12 bits per heavy atom. The van der Waals surface area contributed by atoms with E-state index in [9.17, 15) is 9.59 Å².